The molecule has 35 heavy (non-hydrogen) atoms. The number of rotatable bonds is 11. The van der Waals surface area contributed by atoms with E-state index in [0.29, 0.717) is 36.9 Å². The maximum Gasteiger partial charge on any atom is 0.329 e. The molecule has 8 nitrogen and oxygen atoms in total. The molecule has 0 aliphatic heterocycles. The summed E-state index contributed by atoms with van der Waals surface area (Å²) in [5.74, 6) is 0.993. The molecule has 0 spiro atoms. The number of benzene rings is 2. The van der Waals surface area contributed by atoms with Crippen LogP contribution in [0.4, 0.5) is 0 Å². The molecular weight excluding hydrogens is 440 g/mol. The van der Waals surface area contributed by atoms with Crippen molar-refractivity contribution in [1.29, 1.82) is 0 Å². The van der Waals surface area contributed by atoms with E-state index in [2.05, 4.69) is 41.4 Å². The fourth-order valence-electron chi connectivity index (χ4n) is 4.34. The van der Waals surface area contributed by atoms with Gasteiger partial charge >= 0.3 is 5.69 Å². The zero-order valence-corrected chi connectivity index (χ0v) is 20.6. The van der Waals surface area contributed by atoms with E-state index in [1.54, 1.807) is 9.13 Å². The van der Waals surface area contributed by atoms with Crippen LogP contribution in [0.3, 0.4) is 0 Å². The first kappa shape index (κ1) is 24.3. The van der Waals surface area contributed by atoms with E-state index in [0.717, 1.165) is 53.5 Å². The minimum atomic E-state index is -0.106. The Balaban J connectivity index is 1.66. The van der Waals surface area contributed by atoms with Gasteiger partial charge in [0.2, 0.25) is 5.82 Å². The van der Waals surface area contributed by atoms with Gasteiger partial charge < -0.3 is 0 Å². The second kappa shape index (κ2) is 11.1. The van der Waals surface area contributed by atoms with E-state index >= 15 is 0 Å². The van der Waals surface area contributed by atoms with Crippen molar-refractivity contribution in [3.8, 4) is 22.5 Å². The third-order valence-electron chi connectivity index (χ3n) is 6.30. The van der Waals surface area contributed by atoms with Gasteiger partial charge in [-0.1, -0.05) is 75.7 Å². The molecule has 0 atom stereocenters. The van der Waals surface area contributed by atoms with E-state index in [4.69, 9.17) is 0 Å². The summed E-state index contributed by atoms with van der Waals surface area (Å²) in [4.78, 5) is 25.4. The number of hydrogen-bond donors (Lipinski definition) is 1. The molecule has 2 aromatic carbocycles. The van der Waals surface area contributed by atoms with Crippen molar-refractivity contribution in [1.82, 2.24) is 29.8 Å². The molecule has 0 saturated carbocycles. The molecule has 0 aliphatic carbocycles. The van der Waals surface area contributed by atoms with Crippen molar-refractivity contribution in [3.63, 3.8) is 0 Å². The number of tetrazole rings is 1. The molecule has 2 heterocycles. The lowest BCUT2D eigenvalue weighted by Gasteiger charge is -2.10. The Labute approximate surface area is 205 Å². The number of carbonyl (C=O) groups excluding carboxylic acids is 1. The van der Waals surface area contributed by atoms with Crippen LogP contribution in [0.25, 0.3) is 22.5 Å². The molecule has 0 amide bonds. The minimum absolute atomic E-state index is 0.106. The summed E-state index contributed by atoms with van der Waals surface area (Å²) >= 11 is 0. The van der Waals surface area contributed by atoms with Crippen LogP contribution in [0.15, 0.2) is 53.3 Å². The Hall–Kier alpha value is -3.81. The van der Waals surface area contributed by atoms with E-state index < -0.39 is 0 Å². The van der Waals surface area contributed by atoms with Crippen LogP contribution in [-0.4, -0.2) is 36.0 Å². The first-order valence-electron chi connectivity index (χ1n) is 12.2. The lowest BCUT2D eigenvalue weighted by atomic mass is 9.98. The third-order valence-corrected chi connectivity index (χ3v) is 6.30. The number of imidazole rings is 1. The summed E-state index contributed by atoms with van der Waals surface area (Å²) in [6.07, 6.45) is 4.34. The summed E-state index contributed by atoms with van der Waals surface area (Å²) in [5, 5.41) is 14.4. The molecule has 182 valence electrons. The van der Waals surface area contributed by atoms with Crippen molar-refractivity contribution in [2.75, 3.05) is 0 Å². The topological polar surface area (TPSA) is 98.5 Å². The molecule has 2 aromatic heterocycles. The second-order valence-electron chi connectivity index (χ2n) is 9.23. The first-order valence-corrected chi connectivity index (χ1v) is 12.2. The Bertz CT molecular complexity index is 1320. The van der Waals surface area contributed by atoms with E-state index in [9.17, 15) is 9.59 Å². The molecule has 1 N–H and O–H groups in total. The maximum atomic E-state index is 13.4. The van der Waals surface area contributed by atoms with Crippen molar-refractivity contribution >= 4 is 6.29 Å². The number of unbranched alkanes of at least 4 members (excludes halogenated alkanes) is 1. The normalized spacial score (nSPS) is 11.3. The number of aromatic nitrogens is 6. The van der Waals surface area contributed by atoms with E-state index in [1.165, 1.54) is 0 Å². The highest BCUT2D eigenvalue weighted by molar-refractivity contribution is 5.80. The lowest BCUT2D eigenvalue weighted by molar-refractivity contribution is 0.111. The zero-order valence-electron chi connectivity index (χ0n) is 20.6. The maximum absolute atomic E-state index is 13.4. The number of carbonyl (C=O) groups is 1. The quantitative estimate of drug-likeness (QED) is 0.318. The minimum Gasteiger partial charge on any atom is -0.296 e. The van der Waals surface area contributed by atoms with Gasteiger partial charge in [-0.25, -0.2) is 4.79 Å². The number of aldehydes is 1. The average Bonchev–Trinajstić information content (AvgIpc) is 3.49. The standard InChI is InChI=1S/C27H32N6O2/c1-4-5-10-24-25(18-34)32(16-15-19(2)3)27(35)33(24)17-20-11-13-21(14-12-20)22-8-6-7-9-23(22)26-28-30-31-29-26/h6-9,11-14,18-19H,4-5,10,15-17H2,1-3H3,(H,28,29,30,31). The number of nitrogens with one attached hydrogen (secondary N) is 1. The summed E-state index contributed by atoms with van der Waals surface area (Å²) in [5.41, 5.74) is 5.18. The van der Waals surface area contributed by atoms with Gasteiger partial charge in [0.15, 0.2) is 6.29 Å². The molecule has 0 saturated heterocycles. The van der Waals surface area contributed by atoms with Gasteiger partial charge in [-0.3, -0.25) is 13.9 Å². The summed E-state index contributed by atoms with van der Waals surface area (Å²) in [6, 6.07) is 16.1. The fraction of sp³-hybridized carbons (Fsp3) is 0.370. The van der Waals surface area contributed by atoms with E-state index in [1.807, 2.05) is 48.5 Å². The van der Waals surface area contributed by atoms with Gasteiger partial charge in [-0.2, -0.15) is 5.21 Å². The first-order chi connectivity index (χ1) is 17.0. The van der Waals surface area contributed by atoms with Crippen molar-refractivity contribution < 1.29 is 4.79 Å². The van der Waals surface area contributed by atoms with Crippen LogP contribution in [-0.2, 0) is 19.5 Å². The molecule has 4 aromatic rings. The van der Waals surface area contributed by atoms with Gasteiger partial charge in [0.05, 0.1) is 12.2 Å². The van der Waals surface area contributed by atoms with Crippen LogP contribution < -0.4 is 5.69 Å². The second-order valence-corrected chi connectivity index (χ2v) is 9.23. The van der Waals surface area contributed by atoms with Gasteiger partial charge in [-0.15, -0.1) is 10.2 Å². The van der Waals surface area contributed by atoms with Crippen molar-refractivity contribution in [3.05, 3.63) is 76.0 Å². The number of hydrogen-bond acceptors (Lipinski definition) is 5. The molecule has 0 unspecified atom stereocenters. The summed E-state index contributed by atoms with van der Waals surface area (Å²) in [6.45, 7) is 7.35. The average molecular weight is 473 g/mol. The fourth-order valence-corrected chi connectivity index (χ4v) is 4.34. The highest BCUT2D eigenvalue weighted by Gasteiger charge is 2.19. The Morgan fingerprint density at radius 1 is 1.03 bits per heavy atom. The van der Waals surface area contributed by atoms with Crippen LogP contribution in [0.5, 0.6) is 0 Å². The number of nitrogens with zero attached hydrogens (tertiary/aromatic N) is 5. The van der Waals surface area contributed by atoms with Gasteiger partial charge in [0.25, 0.3) is 0 Å². The van der Waals surface area contributed by atoms with Gasteiger partial charge in [-0.05, 0) is 47.1 Å². The van der Waals surface area contributed by atoms with Crippen LogP contribution >= 0.6 is 0 Å². The largest absolute Gasteiger partial charge is 0.329 e. The number of aromatic amines is 1. The van der Waals surface area contributed by atoms with Crippen molar-refractivity contribution in [2.45, 2.75) is 59.5 Å². The predicted molar refractivity (Wildman–Crippen MR) is 136 cm³/mol. The predicted octanol–water partition coefficient (Wildman–Crippen LogP) is 4.75. The summed E-state index contributed by atoms with van der Waals surface area (Å²) in [7, 11) is 0. The zero-order chi connectivity index (χ0) is 24.8. The van der Waals surface area contributed by atoms with Gasteiger partial charge in [0.1, 0.15) is 5.69 Å². The van der Waals surface area contributed by atoms with Crippen LogP contribution in [0.1, 0.15) is 61.8 Å². The molecule has 0 bridgehead atoms. The SMILES string of the molecule is CCCCc1c(C=O)n(CCC(C)C)c(=O)n1Cc1ccc(-c2ccccc2-c2nn[nH]n2)cc1. The molecular formula is C27H32N6O2. The monoisotopic (exact) mass is 472 g/mol. The summed E-state index contributed by atoms with van der Waals surface area (Å²) < 4.78 is 3.44. The molecule has 0 fully saturated rings. The molecule has 0 radical (unpaired) electrons. The number of H-pyrrole nitrogens is 1. The Kier molecular flexibility index (Phi) is 7.70. The molecule has 4 rings (SSSR count). The van der Waals surface area contributed by atoms with E-state index in [-0.39, 0.29) is 5.69 Å². The van der Waals surface area contributed by atoms with Crippen LogP contribution in [0, 0.1) is 5.92 Å². The van der Waals surface area contributed by atoms with Gasteiger partial charge in [0, 0.05) is 12.1 Å². The third kappa shape index (κ3) is 5.31. The highest BCUT2D eigenvalue weighted by Crippen LogP contribution is 2.29. The Morgan fingerprint density at radius 3 is 2.40 bits per heavy atom. The Morgan fingerprint density at radius 2 is 1.77 bits per heavy atom. The highest BCUT2D eigenvalue weighted by atomic mass is 16.2. The molecule has 8 heteroatoms. The van der Waals surface area contributed by atoms with Crippen molar-refractivity contribution in [2.24, 2.45) is 5.92 Å². The smallest absolute Gasteiger partial charge is 0.296 e. The lowest BCUT2D eigenvalue weighted by Crippen LogP contribution is -2.26. The molecule has 0 aliphatic rings. The van der Waals surface area contributed by atoms with Crippen LogP contribution in [0.2, 0.25) is 0 Å².